The highest BCUT2D eigenvalue weighted by molar-refractivity contribution is 8.14. The Morgan fingerprint density at radius 2 is 2.00 bits per heavy atom. The summed E-state index contributed by atoms with van der Waals surface area (Å²) in [5, 5.41) is 13.6. The molecule has 0 saturated heterocycles. The molecule has 1 aromatic heterocycles. The predicted molar refractivity (Wildman–Crippen MR) is 108 cm³/mol. The molecule has 0 fully saturated rings. The van der Waals surface area contributed by atoms with Gasteiger partial charge >= 0.3 is 0 Å². The minimum Gasteiger partial charge on any atom is -0.334 e. The van der Waals surface area contributed by atoms with Crippen LogP contribution in [0.25, 0.3) is 10.8 Å². The molecule has 132 valence electrons. The molecule has 0 aliphatic carbocycles. The number of carbonyl (C=O) groups is 1. The van der Waals surface area contributed by atoms with Crippen LogP contribution in [-0.4, -0.2) is 26.6 Å². The number of carbonyl (C=O) groups excluding carboxylic acids is 1. The average molecular weight is 365 g/mol. The number of aryl methyl sites for hydroxylation is 2. The Labute approximate surface area is 155 Å². The van der Waals surface area contributed by atoms with Gasteiger partial charge in [-0.15, -0.1) is 0 Å². The topological polar surface area (TPSA) is 71.3 Å². The number of aliphatic imine (C=N–C) groups is 1. The Balaban J connectivity index is 1.48. The highest BCUT2D eigenvalue weighted by atomic mass is 32.2. The Hall–Kier alpha value is -2.80. The molecule has 3 aromatic rings. The van der Waals surface area contributed by atoms with E-state index in [0.29, 0.717) is 0 Å². The third-order valence-corrected chi connectivity index (χ3v) is 5.33. The maximum atomic E-state index is 12.4. The molecule has 26 heavy (non-hydrogen) atoms. The zero-order chi connectivity index (χ0) is 18.3. The van der Waals surface area contributed by atoms with Crippen LogP contribution in [-0.2, 0) is 11.8 Å². The number of hydrogen-bond donors (Lipinski definition) is 2. The number of aromatic nitrogens is 2. The van der Waals surface area contributed by atoms with Crippen molar-refractivity contribution in [2.45, 2.75) is 13.8 Å². The number of nitrogens with one attached hydrogen (secondary N) is 2. The lowest BCUT2D eigenvalue weighted by Gasteiger charge is -2.18. The summed E-state index contributed by atoms with van der Waals surface area (Å²) in [7, 11) is 1.87. The van der Waals surface area contributed by atoms with Crippen LogP contribution in [0, 0.1) is 13.8 Å². The van der Waals surface area contributed by atoms with Crippen molar-refractivity contribution in [1.29, 1.82) is 0 Å². The molecule has 4 rings (SSSR count). The predicted octanol–water partition coefficient (Wildman–Crippen LogP) is 3.98. The van der Waals surface area contributed by atoms with Gasteiger partial charge in [-0.25, -0.2) is 4.99 Å². The normalized spacial score (nSPS) is 12.7. The van der Waals surface area contributed by atoms with Crippen molar-refractivity contribution in [2.75, 3.05) is 16.4 Å². The monoisotopic (exact) mass is 365 g/mol. The first-order chi connectivity index (χ1) is 12.5. The third-order valence-electron chi connectivity index (χ3n) is 4.46. The molecule has 2 aromatic carbocycles. The van der Waals surface area contributed by atoms with Crippen LogP contribution in [0.1, 0.15) is 11.4 Å². The lowest BCUT2D eigenvalue weighted by molar-refractivity contribution is -0.113. The van der Waals surface area contributed by atoms with E-state index in [-0.39, 0.29) is 11.7 Å². The number of anilines is 2. The quantitative estimate of drug-likeness (QED) is 0.737. The first-order valence-electron chi connectivity index (χ1n) is 8.33. The molecule has 0 atom stereocenters. The summed E-state index contributed by atoms with van der Waals surface area (Å²) >= 11 is 1.39. The Morgan fingerprint density at radius 1 is 1.23 bits per heavy atom. The number of hydrogen-bond acceptors (Lipinski definition) is 5. The first kappa shape index (κ1) is 16.7. The molecule has 6 nitrogen and oxygen atoms in total. The van der Waals surface area contributed by atoms with Gasteiger partial charge in [0.1, 0.15) is 0 Å². The summed E-state index contributed by atoms with van der Waals surface area (Å²) in [5.74, 6) is 0.202. The second-order valence-electron chi connectivity index (χ2n) is 6.23. The van der Waals surface area contributed by atoms with Crippen molar-refractivity contribution < 1.29 is 4.79 Å². The van der Waals surface area contributed by atoms with Crippen molar-refractivity contribution in [3.8, 4) is 0 Å². The summed E-state index contributed by atoms with van der Waals surface area (Å²) in [5.41, 5.74) is 4.49. The van der Waals surface area contributed by atoms with E-state index in [0.717, 1.165) is 44.4 Å². The Morgan fingerprint density at radius 3 is 2.73 bits per heavy atom. The largest absolute Gasteiger partial charge is 0.334 e. The van der Waals surface area contributed by atoms with Gasteiger partial charge in [0.15, 0.2) is 5.17 Å². The van der Waals surface area contributed by atoms with Gasteiger partial charge in [-0.2, -0.15) is 5.10 Å². The van der Waals surface area contributed by atoms with Gasteiger partial charge in [0.25, 0.3) is 0 Å². The highest BCUT2D eigenvalue weighted by Crippen LogP contribution is 2.36. The van der Waals surface area contributed by atoms with Gasteiger partial charge in [-0.1, -0.05) is 36.0 Å². The van der Waals surface area contributed by atoms with E-state index in [9.17, 15) is 4.79 Å². The second kappa shape index (κ2) is 6.49. The van der Waals surface area contributed by atoms with Crippen molar-refractivity contribution in [3.63, 3.8) is 0 Å². The van der Waals surface area contributed by atoms with E-state index < -0.39 is 0 Å². The van der Waals surface area contributed by atoms with E-state index in [1.165, 1.54) is 11.8 Å². The van der Waals surface area contributed by atoms with Crippen LogP contribution in [0.4, 0.5) is 17.1 Å². The summed E-state index contributed by atoms with van der Waals surface area (Å²) < 4.78 is 1.77. The van der Waals surface area contributed by atoms with Crippen LogP contribution < -0.4 is 10.6 Å². The fourth-order valence-corrected chi connectivity index (χ4v) is 3.79. The molecule has 1 amide bonds. The fourth-order valence-electron chi connectivity index (χ4n) is 3.10. The van der Waals surface area contributed by atoms with Gasteiger partial charge in [0, 0.05) is 12.4 Å². The van der Waals surface area contributed by atoms with Gasteiger partial charge in [-0.3, -0.25) is 9.48 Å². The van der Waals surface area contributed by atoms with E-state index in [1.54, 1.807) is 4.68 Å². The van der Waals surface area contributed by atoms with Crippen molar-refractivity contribution in [3.05, 3.63) is 47.8 Å². The summed E-state index contributed by atoms with van der Waals surface area (Å²) in [4.78, 5) is 17.0. The summed E-state index contributed by atoms with van der Waals surface area (Å²) in [6.07, 6.45) is 0. The number of thioether (sulfide) groups is 1. The fraction of sp³-hybridized carbons (Fsp3) is 0.211. The lowest BCUT2D eigenvalue weighted by Crippen LogP contribution is -2.19. The smallest absolute Gasteiger partial charge is 0.234 e. The molecule has 1 aliphatic heterocycles. The summed E-state index contributed by atoms with van der Waals surface area (Å²) in [6.45, 7) is 3.83. The maximum Gasteiger partial charge on any atom is 0.234 e. The van der Waals surface area contributed by atoms with Crippen LogP contribution in [0.3, 0.4) is 0 Å². The van der Waals surface area contributed by atoms with Gasteiger partial charge in [0.2, 0.25) is 5.91 Å². The van der Waals surface area contributed by atoms with E-state index in [2.05, 4.69) is 32.9 Å². The zero-order valence-electron chi connectivity index (χ0n) is 14.8. The molecule has 0 bridgehead atoms. The van der Waals surface area contributed by atoms with Crippen molar-refractivity contribution in [2.24, 2.45) is 12.0 Å². The standard InChI is InChI=1S/C19H19N5OS/c1-11-18(12(2)24(3)23-11)22-16(25)10-26-19-20-14-8-4-6-13-7-5-9-15(21-19)17(13)14/h4-9H,10H2,1-3H3,(H,20,21)(H,22,25). The SMILES string of the molecule is Cc1nn(C)c(C)c1NC(=O)CSC1=Nc2cccc3cccc(c23)N1. The molecule has 0 saturated carbocycles. The highest BCUT2D eigenvalue weighted by Gasteiger charge is 2.17. The Bertz CT molecular complexity index is 1050. The van der Waals surface area contributed by atoms with Crippen LogP contribution in [0.2, 0.25) is 0 Å². The van der Waals surface area contributed by atoms with Crippen LogP contribution >= 0.6 is 11.8 Å². The van der Waals surface area contributed by atoms with E-state index in [1.807, 2.05) is 45.2 Å². The molecule has 2 heterocycles. The second-order valence-corrected chi connectivity index (χ2v) is 7.19. The van der Waals surface area contributed by atoms with Crippen LogP contribution in [0.5, 0.6) is 0 Å². The maximum absolute atomic E-state index is 12.4. The average Bonchev–Trinajstić information content (AvgIpc) is 2.87. The van der Waals surface area contributed by atoms with Gasteiger partial charge in [0.05, 0.1) is 34.2 Å². The molecular formula is C19H19N5OS. The molecule has 0 spiro atoms. The number of amidine groups is 1. The van der Waals surface area contributed by atoms with E-state index >= 15 is 0 Å². The third kappa shape index (κ3) is 2.94. The van der Waals surface area contributed by atoms with Crippen molar-refractivity contribution >= 4 is 50.7 Å². The first-order valence-corrected chi connectivity index (χ1v) is 9.32. The number of amides is 1. The number of rotatable bonds is 3. The molecular weight excluding hydrogens is 346 g/mol. The number of nitrogens with zero attached hydrogens (tertiary/aromatic N) is 3. The van der Waals surface area contributed by atoms with Gasteiger partial charge in [-0.05, 0) is 31.4 Å². The molecule has 0 radical (unpaired) electrons. The van der Waals surface area contributed by atoms with Crippen LogP contribution in [0.15, 0.2) is 41.4 Å². The van der Waals surface area contributed by atoms with Crippen molar-refractivity contribution in [1.82, 2.24) is 9.78 Å². The molecule has 1 aliphatic rings. The molecule has 2 N–H and O–H groups in total. The molecule has 0 unspecified atom stereocenters. The minimum absolute atomic E-state index is 0.0734. The zero-order valence-corrected chi connectivity index (χ0v) is 15.6. The molecule has 7 heteroatoms. The van der Waals surface area contributed by atoms with Gasteiger partial charge < -0.3 is 10.6 Å². The summed E-state index contributed by atoms with van der Waals surface area (Å²) in [6, 6.07) is 12.2. The number of benzene rings is 2. The lowest BCUT2D eigenvalue weighted by atomic mass is 10.1. The Kier molecular flexibility index (Phi) is 4.16. The minimum atomic E-state index is -0.0734. The van der Waals surface area contributed by atoms with E-state index in [4.69, 9.17) is 0 Å².